The van der Waals surface area contributed by atoms with Gasteiger partial charge in [0.05, 0.1) is 17.6 Å². The molecule has 0 amide bonds. The van der Waals surface area contributed by atoms with Gasteiger partial charge in [0, 0.05) is 11.8 Å². The minimum Gasteiger partial charge on any atom is -0.390 e. The van der Waals surface area contributed by atoms with Crippen molar-refractivity contribution in [2.75, 3.05) is 5.75 Å². The fourth-order valence-corrected chi connectivity index (χ4v) is 5.62. The highest BCUT2D eigenvalue weighted by Gasteiger charge is 2.38. The van der Waals surface area contributed by atoms with Crippen LogP contribution in [0.1, 0.15) is 51.4 Å². The van der Waals surface area contributed by atoms with E-state index >= 15 is 0 Å². The largest absolute Gasteiger partial charge is 0.390 e. The molecule has 0 bridgehead atoms. The van der Waals surface area contributed by atoms with Crippen LogP contribution in [0.4, 0.5) is 0 Å². The molecule has 3 aliphatic rings. The Morgan fingerprint density at radius 3 is 2.37 bits per heavy atom. The van der Waals surface area contributed by atoms with Gasteiger partial charge in [0.25, 0.3) is 0 Å². The van der Waals surface area contributed by atoms with Crippen molar-refractivity contribution in [3.05, 3.63) is 0 Å². The summed E-state index contributed by atoms with van der Waals surface area (Å²) < 4.78 is 0. The fourth-order valence-electron chi connectivity index (χ4n) is 4.02. The maximum absolute atomic E-state index is 9.84. The molecule has 19 heavy (non-hydrogen) atoms. The lowest BCUT2D eigenvalue weighted by atomic mass is 9.81. The molecule has 110 valence electrons. The minimum atomic E-state index is -0.501. The fraction of sp³-hybridized carbons (Fsp3) is 1.00. The maximum atomic E-state index is 9.84. The Balaban J connectivity index is 1.51. The number of nitrogens with one attached hydrogen (secondary N) is 1. The Kier molecular flexibility index (Phi) is 4.73. The topological polar surface area (TPSA) is 52.5 Å². The second-order valence-electron chi connectivity index (χ2n) is 6.63. The molecule has 2 aliphatic carbocycles. The van der Waals surface area contributed by atoms with E-state index in [0.29, 0.717) is 17.3 Å². The van der Waals surface area contributed by atoms with Crippen molar-refractivity contribution in [1.82, 2.24) is 5.32 Å². The Bertz CT molecular complexity index is 296. The highest BCUT2D eigenvalue weighted by atomic mass is 32.2. The van der Waals surface area contributed by atoms with Gasteiger partial charge in [0.1, 0.15) is 0 Å². The van der Waals surface area contributed by atoms with E-state index < -0.39 is 12.2 Å². The summed E-state index contributed by atoms with van der Waals surface area (Å²) in [6.45, 7) is 0. The first-order chi connectivity index (χ1) is 9.24. The van der Waals surface area contributed by atoms with Gasteiger partial charge < -0.3 is 15.5 Å². The second-order valence-corrected chi connectivity index (χ2v) is 7.81. The molecule has 0 aromatic heterocycles. The lowest BCUT2D eigenvalue weighted by molar-refractivity contribution is -0.0296. The molecule has 2 saturated carbocycles. The average Bonchev–Trinajstić information content (AvgIpc) is 2.93. The van der Waals surface area contributed by atoms with Crippen LogP contribution < -0.4 is 5.32 Å². The summed E-state index contributed by atoms with van der Waals surface area (Å²) in [4.78, 5) is 0. The normalized spacial score (nSPS) is 45.5. The molecule has 3 fully saturated rings. The molecule has 1 aliphatic heterocycles. The summed E-state index contributed by atoms with van der Waals surface area (Å²) in [6, 6.07) is 0.555. The summed E-state index contributed by atoms with van der Waals surface area (Å²) >= 11 is 2.10. The molecular weight excluding hydrogens is 258 g/mol. The first-order valence-electron chi connectivity index (χ1n) is 7.98. The van der Waals surface area contributed by atoms with Crippen LogP contribution in [0.15, 0.2) is 0 Å². The lowest BCUT2D eigenvalue weighted by Gasteiger charge is -2.34. The molecule has 1 saturated heterocycles. The van der Waals surface area contributed by atoms with E-state index in [1.165, 1.54) is 37.9 Å². The number of aliphatic hydroxyl groups is 2. The van der Waals surface area contributed by atoms with E-state index in [2.05, 4.69) is 17.1 Å². The van der Waals surface area contributed by atoms with Crippen molar-refractivity contribution in [2.24, 2.45) is 11.8 Å². The van der Waals surface area contributed by atoms with Crippen LogP contribution in [0.2, 0.25) is 0 Å². The lowest BCUT2D eigenvalue weighted by Crippen LogP contribution is -2.44. The van der Waals surface area contributed by atoms with Gasteiger partial charge in [-0.3, -0.25) is 0 Å². The summed E-state index contributed by atoms with van der Waals surface area (Å²) in [5, 5.41) is 23.9. The van der Waals surface area contributed by atoms with E-state index in [1.54, 1.807) is 0 Å². The number of aliphatic hydroxyl groups excluding tert-OH is 2. The molecule has 3 rings (SSSR count). The number of hydrogen-bond donors (Lipinski definition) is 3. The molecule has 0 spiro atoms. The SMILES string of the molecule is OC1CCC(C2CSC(C3CCCCC3)N2)CC1O. The predicted molar refractivity (Wildman–Crippen MR) is 79.1 cm³/mol. The van der Waals surface area contributed by atoms with E-state index in [4.69, 9.17) is 0 Å². The standard InChI is InChI=1S/C15H27NO2S/c17-13-7-6-11(8-14(13)18)12-9-19-15(16-12)10-4-2-1-3-5-10/h10-18H,1-9H2. The zero-order chi connectivity index (χ0) is 13.2. The molecule has 1 heterocycles. The van der Waals surface area contributed by atoms with Gasteiger partial charge in [-0.25, -0.2) is 0 Å². The molecule has 0 aromatic rings. The minimum absolute atomic E-state index is 0.487. The van der Waals surface area contributed by atoms with Crippen LogP contribution in [0, 0.1) is 11.8 Å². The van der Waals surface area contributed by atoms with Crippen LogP contribution in [0.25, 0.3) is 0 Å². The summed E-state index contributed by atoms with van der Waals surface area (Å²) in [6.07, 6.45) is 8.63. The van der Waals surface area contributed by atoms with E-state index in [1.807, 2.05) is 0 Å². The van der Waals surface area contributed by atoms with E-state index in [9.17, 15) is 10.2 Å². The van der Waals surface area contributed by atoms with Gasteiger partial charge in [-0.2, -0.15) is 0 Å². The quantitative estimate of drug-likeness (QED) is 0.727. The van der Waals surface area contributed by atoms with Crippen LogP contribution in [0.5, 0.6) is 0 Å². The van der Waals surface area contributed by atoms with Gasteiger partial charge in [-0.1, -0.05) is 19.3 Å². The first-order valence-corrected chi connectivity index (χ1v) is 9.02. The van der Waals surface area contributed by atoms with Crippen LogP contribution in [-0.2, 0) is 0 Å². The highest BCUT2D eigenvalue weighted by Crippen LogP contribution is 2.38. The highest BCUT2D eigenvalue weighted by molar-refractivity contribution is 8.00. The summed E-state index contributed by atoms with van der Waals surface area (Å²) in [7, 11) is 0. The van der Waals surface area contributed by atoms with E-state index in [-0.39, 0.29) is 0 Å². The van der Waals surface area contributed by atoms with Gasteiger partial charge >= 0.3 is 0 Å². The van der Waals surface area contributed by atoms with Crippen LogP contribution in [0.3, 0.4) is 0 Å². The molecular formula is C15H27NO2S. The monoisotopic (exact) mass is 285 g/mol. The Morgan fingerprint density at radius 1 is 0.842 bits per heavy atom. The number of hydrogen-bond acceptors (Lipinski definition) is 4. The number of thioether (sulfide) groups is 1. The molecule has 0 aromatic carbocycles. The van der Waals surface area contributed by atoms with Gasteiger partial charge in [0.2, 0.25) is 0 Å². The average molecular weight is 285 g/mol. The van der Waals surface area contributed by atoms with Crippen molar-refractivity contribution >= 4 is 11.8 Å². The molecule has 0 radical (unpaired) electrons. The number of rotatable bonds is 2. The molecule has 3 N–H and O–H groups in total. The van der Waals surface area contributed by atoms with Crippen LogP contribution >= 0.6 is 11.8 Å². The smallest absolute Gasteiger partial charge is 0.0802 e. The van der Waals surface area contributed by atoms with Crippen molar-refractivity contribution in [1.29, 1.82) is 0 Å². The van der Waals surface area contributed by atoms with Crippen molar-refractivity contribution in [3.63, 3.8) is 0 Å². The second kappa shape index (κ2) is 6.33. The Hall–Kier alpha value is 0.230. The Morgan fingerprint density at radius 2 is 1.63 bits per heavy atom. The predicted octanol–water partition coefficient (Wildman–Crippen LogP) is 2.12. The van der Waals surface area contributed by atoms with Crippen molar-refractivity contribution in [3.8, 4) is 0 Å². The van der Waals surface area contributed by atoms with Gasteiger partial charge in [-0.05, 0) is 43.9 Å². The van der Waals surface area contributed by atoms with Crippen LogP contribution in [-0.4, -0.2) is 39.6 Å². The summed E-state index contributed by atoms with van der Waals surface area (Å²) in [5.74, 6) is 2.61. The van der Waals surface area contributed by atoms with Crippen molar-refractivity contribution in [2.45, 2.75) is 75.0 Å². The zero-order valence-electron chi connectivity index (χ0n) is 11.6. The third kappa shape index (κ3) is 3.29. The maximum Gasteiger partial charge on any atom is 0.0802 e. The zero-order valence-corrected chi connectivity index (χ0v) is 12.4. The summed E-state index contributed by atoms with van der Waals surface area (Å²) in [5.41, 5.74) is 0. The van der Waals surface area contributed by atoms with E-state index in [0.717, 1.165) is 25.2 Å². The van der Waals surface area contributed by atoms with Gasteiger partial charge in [-0.15, -0.1) is 11.8 Å². The third-order valence-corrected chi connectivity index (χ3v) is 6.73. The Labute approximate surface area is 120 Å². The molecule has 4 heteroatoms. The molecule has 5 atom stereocenters. The first kappa shape index (κ1) is 14.2. The molecule has 5 unspecified atom stereocenters. The van der Waals surface area contributed by atoms with Gasteiger partial charge in [0.15, 0.2) is 0 Å². The molecule has 3 nitrogen and oxygen atoms in total. The van der Waals surface area contributed by atoms with Crippen molar-refractivity contribution < 1.29 is 10.2 Å². The third-order valence-electron chi connectivity index (χ3n) is 5.30.